The molecule has 0 aliphatic carbocycles. The first-order valence-corrected chi connectivity index (χ1v) is 10.5. The van der Waals surface area contributed by atoms with Gasteiger partial charge in [-0.15, -0.1) is 0 Å². The second kappa shape index (κ2) is 9.83. The molecule has 1 heterocycles. The number of ether oxygens (including phenoxy) is 2. The molecule has 0 fully saturated rings. The molecule has 6 nitrogen and oxygen atoms in total. The van der Waals surface area contributed by atoms with Gasteiger partial charge in [0.25, 0.3) is 0 Å². The van der Waals surface area contributed by atoms with E-state index in [1.165, 1.54) is 0 Å². The Bertz CT molecular complexity index is 1210. The molecule has 6 heteroatoms. The van der Waals surface area contributed by atoms with Gasteiger partial charge in [0.1, 0.15) is 18.0 Å². The summed E-state index contributed by atoms with van der Waals surface area (Å²) >= 11 is 0. The van der Waals surface area contributed by atoms with Crippen LogP contribution in [0.25, 0.3) is 10.9 Å². The Morgan fingerprint density at radius 3 is 2.28 bits per heavy atom. The maximum absolute atomic E-state index is 12.9. The van der Waals surface area contributed by atoms with Gasteiger partial charge >= 0.3 is 0 Å². The van der Waals surface area contributed by atoms with Crippen LogP contribution in [-0.2, 0) is 11.3 Å². The lowest BCUT2D eigenvalue weighted by molar-refractivity contribution is -0.116. The summed E-state index contributed by atoms with van der Waals surface area (Å²) in [6, 6.07) is 24.0. The Kier molecular flexibility index (Phi) is 6.51. The van der Waals surface area contributed by atoms with Crippen LogP contribution in [0.4, 0.5) is 5.69 Å². The number of nitrogens with zero attached hydrogens (tertiary/aromatic N) is 1. The summed E-state index contributed by atoms with van der Waals surface area (Å²) < 4.78 is 12.8. The Hall–Kier alpha value is -4.06. The number of anilines is 1. The normalized spacial score (nSPS) is 10.7. The quantitative estimate of drug-likeness (QED) is 0.383. The van der Waals surface area contributed by atoms with E-state index < -0.39 is 0 Å². The van der Waals surface area contributed by atoms with Crippen LogP contribution in [0.5, 0.6) is 11.5 Å². The molecule has 0 saturated heterocycles. The maximum atomic E-state index is 12.9. The van der Waals surface area contributed by atoms with Gasteiger partial charge in [0.2, 0.25) is 11.7 Å². The van der Waals surface area contributed by atoms with E-state index in [0.717, 1.165) is 16.7 Å². The topological polar surface area (TPSA) is 69.6 Å². The lowest BCUT2D eigenvalue weighted by Gasteiger charge is -2.08. The molecule has 4 aromatic rings. The molecular weight excluding hydrogens is 404 g/mol. The van der Waals surface area contributed by atoms with Gasteiger partial charge in [0.05, 0.1) is 6.61 Å². The van der Waals surface area contributed by atoms with Gasteiger partial charge in [0, 0.05) is 28.4 Å². The number of carbonyl (C=O) groups excluding carboxylic acids is 2. The van der Waals surface area contributed by atoms with E-state index in [4.69, 9.17) is 9.47 Å². The van der Waals surface area contributed by atoms with Crippen LogP contribution in [0.1, 0.15) is 17.3 Å². The number of nitrogens with one attached hydrogen (secondary N) is 1. The Morgan fingerprint density at radius 2 is 1.53 bits per heavy atom. The minimum Gasteiger partial charge on any atom is -0.494 e. The fourth-order valence-electron chi connectivity index (χ4n) is 3.50. The first-order valence-electron chi connectivity index (χ1n) is 10.5. The van der Waals surface area contributed by atoms with Gasteiger partial charge in [0.15, 0.2) is 6.61 Å². The van der Waals surface area contributed by atoms with Crippen LogP contribution >= 0.6 is 0 Å². The highest BCUT2D eigenvalue weighted by atomic mass is 16.5. The highest BCUT2D eigenvalue weighted by Gasteiger charge is 2.17. The van der Waals surface area contributed by atoms with Crippen molar-refractivity contribution in [2.75, 3.05) is 18.5 Å². The molecule has 0 radical (unpaired) electrons. The van der Waals surface area contributed by atoms with Crippen LogP contribution in [-0.4, -0.2) is 29.5 Å². The summed E-state index contributed by atoms with van der Waals surface area (Å²) in [5, 5.41) is 3.68. The van der Waals surface area contributed by atoms with E-state index in [1.807, 2.05) is 73.7 Å². The zero-order valence-electron chi connectivity index (χ0n) is 17.8. The summed E-state index contributed by atoms with van der Waals surface area (Å²) in [7, 11) is 0. The molecule has 0 aliphatic heterocycles. The third-order valence-corrected chi connectivity index (χ3v) is 4.97. The number of para-hydroxylation sites is 2. The number of amides is 1. The summed E-state index contributed by atoms with van der Waals surface area (Å²) in [4.78, 5) is 25.5. The van der Waals surface area contributed by atoms with Crippen LogP contribution in [0.3, 0.4) is 0 Å². The number of fused-ring (bicyclic) bond motifs is 1. The van der Waals surface area contributed by atoms with E-state index in [1.54, 1.807) is 22.9 Å². The SMILES string of the molecule is CCOc1ccc(NC(=O)Cn2cc(C(=O)COc3ccccc3)c3ccccc32)cc1. The average Bonchev–Trinajstić information content (AvgIpc) is 3.18. The summed E-state index contributed by atoms with van der Waals surface area (Å²) in [6.45, 7) is 2.52. The molecule has 1 amide bonds. The number of rotatable bonds is 9. The summed E-state index contributed by atoms with van der Waals surface area (Å²) in [5.41, 5.74) is 2.03. The van der Waals surface area contributed by atoms with E-state index in [2.05, 4.69) is 5.32 Å². The lowest BCUT2D eigenvalue weighted by atomic mass is 10.1. The van der Waals surface area contributed by atoms with Crippen molar-refractivity contribution in [2.24, 2.45) is 0 Å². The van der Waals surface area contributed by atoms with Crippen LogP contribution in [0.2, 0.25) is 0 Å². The van der Waals surface area contributed by atoms with Crippen molar-refractivity contribution < 1.29 is 19.1 Å². The number of aromatic nitrogens is 1. The Labute approximate surface area is 186 Å². The minimum atomic E-state index is -0.186. The largest absolute Gasteiger partial charge is 0.494 e. The van der Waals surface area contributed by atoms with Crippen molar-refractivity contribution >= 4 is 28.3 Å². The van der Waals surface area contributed by atoms with E-state index >= 15 is 0 Å². The first-order chi connectivity index (χ1) is 15.6. The van der Waals surface area contributed by atoms with Gasteiger partial charge in [-0.3, -0.25) is 9.59 Å². The predicted octanol–water partition coefficient (Wildman–Crippen LogP) is 4.94. The zero-order chi connectivity index (χ0) is 22.3. The Morgan fingerprint density at radius 1 is 0.844 bits per heavy atom. The highest BCUT2D eigenvalue weighted by Crippen LogP contribution is 2.23. The fourth-order valence-corrected chi connectivity index (χ4v) is 3.50. The van der Waals surface area contributed by atoms with Crippen molar-refractivity contribution in [1.29, 1.82) is 0 Å². The summed E-state index contributed by atoms with van der Waals surface area (Å²) in [6.07, 6.45) is 1.72. The number of carbonyl (C=O) groups is 2. The molecule has 0 spiro atoms. The molecule has 1 N–H and O–H groups in total. The molecule has 162 valence electrons. The second-order valence-corrected chi connectivity index (χ2v) is 7.22. The van der Waals surface area contributed by atoms with Gasteiger partial charge in [-0.1, -0.05) is 36.4 Å². The third kappa shape index (κ3) is 4.98. The summed E-state index contributed by atoms with van der Waals surface area (Å²) in [5.74, 6) is 1.06. The molecule has 0 aliphatic rings. The molecule has 0 unspecified atom stereocenters. The number of Topliss-reactive ketones (excluding diaryl/α,β-unsaturated/α-hetero) is 1. The van der Waals surface area contributed by atoms with Crippen molar-refractivity contribution in [3.05, 3.63) is 90.6 Å². The number of benzene rings is 3. The predicted molar refractivity (Wildman–Crippen MR) is 124 cm³/mol. The smallest absolute Gasteiger partial charge is 0.244 e. The van der Waals surface area contributed by atoms with Crippen molar-refractivity contribution in [3.63, 3.8) is 0 Å². The van der Waals surface area contributed by atoms with Gasteiger partial charge in [-0.05, 0) is 49.4 Å². The molecule has 32 heavy (non-hydrogen) atoms. The molecule has 3 aromatic carbocycles. The monoisotopic (exact) mass is 428 g/mol. The van der Waals surface area contributed by atoms with E-state index in [-0.39, 0.29) is 24.8 Å². The van der Waals surface area contributed by atoms with Crippen molar-refractivity contribution in [3.8, 4) is 11.5 Å². The highest BCUT2D eigenvalue weighted by molar-refractivity contribution is 6.09. The van der Waals surface area contributed by atoms with Crippen LogP contribution < -0.4 is 14.8 Å². The van der Waals surface area contributed by atoms with Crippen molar-refractivity contribution in [1.82, 2.24) is 4.57 Å². The van der Waals surface area contributed by atoms with Gasteiger partial charge in [-0.2, -0.15) is 0 Å². The first kappa shape index (κ1) is 21.2. The van der Waals surface area contributed by atoms with Gasteiger partial charge in [-0.25, -0.2) is 0 Å². The fraction of sp³-hybridized carbons (Fsp3) is 0.154. The molecule has 0 atom stereocenters. The maximum Gasteiger partial charge on any atom is 0.244 e. The molecular formula is C26H24N2O4. The van der Waals surface area contributed by atoms with Crippen LogP contribution in [0, 0.1) is 0 Å². The van der Waals surface area contributed by atoms with Crippen LogP contribution in [0.15, 0.2) is 85.1 Å². The molecule has 4 rings (SSSR count). The molecule has 0 saturated carbocycles. The van der Waals surface area contributed by atoms with Gasteiger partial charge < -0.3 is 19.4 Å². The molecule has 0 bridgehead atoms. The van der Waals surface area contributed by atoms with E-state index in [0.29, 0.717) is 23.6 Å². The average molecular weight is 428 g/mol. The third-order valence-electron chi connectivity index (χ3n) is 4.97. The van der Waals surface area contributed by atoms with E-state index in [9.17, 15) is 9.59 Å². The number of ketones is 1. The number of hydrogen-bond donors (Lipinski definition) is 1. The second-order valence-electron chi connectivity index (χ2n) is 7.22. The lowest BCUT2D eigenvalue weighted by Crippen LogP contribution is -2.18. The molecule has 1 aromatic heterocycles. The Balaban J connectivity index is 1.48. The standard InChI is InChI=1S/C26H24N2O4/c1-2-31-21-14-12-19(13-15-21)27-26(30)17-28-16-23(22-10-6-7-11-24(22)28)25(29)18-32-20-8-4-3-5-9-20/h3-16H,2,17-18H2,1H3,(H,27,30). The minimum absolute atomic E-state index is 0.0730. The number of hydrogen-bond acceptors (Lipinski definition) is 4. The van der Waals surface area contributed by atoms with Crippen molar-refractivity contribution in [2.45, 2.75) is 13.5 Å². The zero-order valence-corrected chi connectivity index (χ0v) is 17.8.